The fourth-order valence-electron chi connectivity index (χ4n) is 4.46. The van der Waals surface area contributed by atoms with Crippen LogP contribution >= 0.6 is 23.5 Å². The number of likely N-dealkylation sites (tertiary alicyclic amines) is 1. The van der Waals surface area contributed by atoms with Crippen molar-refractivity contribution in [1.82, 2.24) is 9.88 Å². The minimum Gasteiger partial charge on any atom is -0.362 e. The fraction of sp³-hybridized carbons (Fsp3) is 0.409. The van der Waals surface area contributed by atoms with Gasteiger partial charge in [0, 0.05) is 12.6 Å². The summed E-state index contributed by atoms with van der Waals surface area (Å²) in [7, 11) is 0. The summed E-state index contributed by atoms with van der Waals surface area (Å²) >= 11 is 7.41. The topological polar surface area (TPSA) is 54.8 Å². The van der Waals surface area contributed by atoms with Crippen LogP contribution in [0, 0.1) is 0 Å². The maximum Gasteiger partial charge on any atom is 0.397 e. The molecule has 5 rings (SSSR count). The molecule has 3 aliphatic rings. The quantitative estimate of drug-likeness (QED) is 0.457. The number of hydrogen-bond donors (Lipinski definition) is 0. The molecule has 5 nitrogen and oxygen atoms in total. The first-order valence-electron chi connectivity index (χ1n) is 10.1. The summed E-state index contributed by atoms with van der Waals surface area (Å²) in [5.41, 5.74) is 4.23. The van der Waals surface area contributed by atoms with E-state index in [0.29, 0.717) is 11.8 Å². The number of nitrogens with zero attached hydrogens (tertiary/aromatic N) is 3. The van der Waals surface area contributed by atoms with E-state index in [-0.39, 0.29) is 17.8 Å². The first kappa shape index (κ1) is 21.7. The zero-order valence-corrected chi connectivity index (χ0v) is 18.7. The van der Waals surface area contributed by atoms with Gasteiger partial charge >= 0.3 is 6.18 Å². The average molecular weight is 482 g/mol. The van der Waals surface area contributed by atoms with Gasteiger partial charge in [0.15, 0.2) is 0 Å². The average Bonchev–Trinajstić information content (AvgIpc) is 3.27. The van der Waals surface area contributed by atoms with Crippen LogP contribution in [-0.2, 0) is 26.5 Å². The summed E-state index contributed by atoms with van der Waals surface area (Å²) in [6, 6.07) is 9.70. The predicted molar refractivity (Wildman–Crippen MR) is 116 cm³/mol. The van der Waals surface area contributed by atoms with Gasteiger partial charge in [-0.25, -0.2) is 9.38 Å². The van der Waals surface area contributed by atoms with Gasteiger partial charge in [-0.1, -0.05) is 29.8 Å². The molecule has 0 radical (unpaired) electrons. The number of carbonyl (C=O) groups excluding carboxylic acids is 1. The minimum atomic E-state index is -4.50. The number of halogens is 4. The van der Waals surface area contributed by atoms with Crippen molar-refractivity contribution in [2.75, 3.05) is 13.1 Å². The lowest BCUT2D eigenvalue weighted by Gasteiger charge is -2.47. The first-order valence-corrected chi connectivity index (χ1v) is 11.2. The van der Waals surface area contributed by atoms with Crippen molar-refractivity contribution in [3.8, 4) is 0 Å². The van der Waals surface area contributed by atoms with Crippen molar-refractivity contribution >= 4 is 35.2 Å². The predicted octanol–water partition coefficient (Wildman–Crippen LogP) is 5.01. The third-order valence-electron chi connectivity index (χ3n) is 6.23. The highest BCUT2D eigenvalue weighted by Crippen LogP contribution is 2.48. The summed E-state index contributed by atoms with van der Waals surface area (Å²) in [6.45, 7) is 2.77. The molecule has 3 aliphatic heterocycles. The molecule has 32 heavy (non-hydrogen) atoms. The molecule has 0 N–H and O–H groups in total. The van der Waals surface area contributed by atoms with Crippen LogP contribution < -0.4 is 0 Å². The number of benzene rings is 1. The van der Waals surface area contributed by atoms with E-state index in [1.165, 1.54) is 16.8 Å². The Balaban J connectivity index is 1.29. The standard InChI is InChI=1S/C22H19ClF3N3O2S/c1-20(15-3-5-18(23)27-9-15)7-17(28-32-20)13-2-4-16-14(6-13)10-31-21(16)11-29(12-21)19(30)8-22(24,25)26/h2-6,9H,7-8,10-12H2,1H3. The number of pyridine rings is 1. The highest BCUT2D eigenvalue weighted by atomic mass is 35.5. The monoisotopic (exact) mass is 481 g/mol. The van der Waals surface area contributed by atoms with Gasteiger partial charge in [-0.15, -0.1) is 0 Å². The van der Waals surface area contributed by atoms with E-state index in [1.54, 1.807) is 12.3 Å². The molecule has 1 amide bonds. The molecule has 2 aromatic rings. The Morgan fingerprint density at radius 3 is 2.75 bits per heavy atom. The van der Waals surface area contributed by atoms with E-state index in [2.05, 4.69) is 11.9 Å². The molecule has 4 heterocycles. The third kappa shape index (κ3) is 3.80. The number of amides is 1. The number of fused-ring (bicyclic) bond motifs is 2. The number of carbonyl (C=O) groups is 1. The lowest BCUT2D eigenvalue weighted by molar-refractivity contribution is -0.185. The Bertz CT molecular complexity index is 1120. The molecule has 1 atom stereocenters. The van der Waals surface area contributed by atoms with Crippen LogP contribution in [-0.4, -0.2) is 40.8 Å². The molecule has 0 bridgehead atoms. The Kier molecular flexibility index (Phi) is 5.07. The normalized spacial score (nSPS) is 23.8. The van der Waals surface area contributed by atoms with E-state index in [0.717, 1.165) is 34.4 Å². The second-order valence-corrected chi connectivity index (χ2v) is 10.3. The maximum absolute atomic E-state index is 12.5. The first-order chi connectivity index (χ1) is 15.1. The van der Waals surface area contributed by atoms with Gasteiger partial charge in [0.2, 0.25) is 5.91 Å². The molecule has 1 aromatic heterocycles. The van der Waals surface area contributed by atoms with Crippen LogP contribution in [0.2, 0.25) is 5.15 Å². The molecule has 1 unspecified atom stereocenters. The summed E-state index contributed by atoms with van der Waals surface area (Å²) in [4.78, 5) is 17.2. The zero-order valence-electron chi connectivity index (χ0n) is 17.1. The lowest BCUT2D eigenvalue weighted by Crippen LogP contribution is -2.61. The Morgan fingerprint density at radius 2 is 2.06 bits per heavy atom. The van der Waals surface area contributed by atoms with Crippen LogP contribution in [0.15, 0.2) is 40.9 Å². The molecule has 1 aromatic carbocycles. The molecular weight excluding hydrogens is 463 g/mol. The van der Waals surface area contributed by atoms with Crippen molar-refractivity contribution in [2.24, 2.45) is 4.40 Å². The maximum atomic E-state index is 12.5. The molecular formula is C22H19ClF3N3O2S. The van der Waals surface area contributed by atoms with Gasteiger partial charge in [0.1, 0.15) is 17.2 Å². The number of hydrogen-bond acceptors (Lipinski definition) is 5. The molecule has 10 heteroatoms. The summed E-state index contributed by atoms with van der Waals surface area (Å²) in [6.07, 6.45) is -3.43. The van der Waals surface area contributed by atoms with Crippen LogP contribution in [0.4, 0.5) is 13.2 Å². The third-order valence-corrected chi connectivity index (χ3v) is 7.55. The molecule has 1 saturated heterocycles. The van der Waals surface area contributed by atoms with Gasteiger partial charge in [0.05, 0.1) is 30.2 Å². The van der Waals surface area contributed by atoms with Crippen LogP contribution in [0.3, 0.4) is 0 Å². The van der Waals surface area contributed by atoms with E-state index in [1.807, 2.05) is 24.3 Å². The van der Waals surface area contributed by atoms with E-state index in [4.69, 9.17) is 20.7 Å². The molecule has 0 aliphatic carbocycles. The van der Waals surface area contributed by atoms with E-state index < -0.39 is 24.1 Å². The highest BCUT2D eigenvalue weighted by molar-refractivity contribution is 7.99. The Hall–Kier alpha value is -2.10. The molecule has 168 valence electrons. The van der Waals surface area contributed by atoms with Gasteiger partial charge < -0.3 is 9.64 Å². The Morgan fingerprint density at radius 1 is 1.28 bits per heavy atom. The number of aromatic nitrogens is 1. The Labute approximate surface area is 192 Å². The van der Waals surface area contributed by atoms with Crippen molar-refractivity contribution < 1.29 is 22.7 Å². The minimum absolute atomic E-state index is 0.146. The number of alkyl halides is 3. The van der Waals surface area contributed by atoms with Crippen molar-refractivity contribution in [3.63, 3.8) is 0 Å². The van der Waals surface area contributed by atoms with Crippen LogP contribution in [0.1, 0.15) is 42.0 Å². The van der Waals surface area contributed by atoms with Gasteiger partial charge in [0.25, 0.3) is 0 Å². The lowest BCUT2D eigenvalue weighted by atomic mass is 9.83. The van der Waals surface area contributed by atoms with Crippen molar-refractivity contribution in [3.05, 3.63) is 63.9 Å². The smallest absolute Gasteiger partial charge is 0.362 e. The van der Waals surface area contributed by atoms with Crippen molar-refractivity contribution in [1.29, 1.82) is 0 Å². The molecule has 1 fully saturated rings. The zero-order chi connectivity index (χ0) is 22.7. The molecule has 1 spiro atoms. The molecule has 0 saturated carbocycles. The van der Waals surface area contributed by atoms with Crippen LogP contribution in [0.25, 0.3) is 0 Å². The van der Waals surface area contributed by atoms with Gasteiger partial charge in [-0.3, -0.25) is 4.79 Å². The summed E-state index contributed by atoms with van der Waals surface area (Å²) in [5.74, 6) is -0.912. The number of rotatable bonds is 3. The van der Waals surface area contributed by atoms with E-state index in [9.17, 15) is 18.0 Å². The van der Waals surface area contributed by atoms with E-state index >= 15 is 0 Å². The fourth-order valence-corrected chi connectivity index (χ4v) is 5.48. The summed E-state index contributed by atoms with van der Waals surface area (Å²) < 4.78 is 47.9. The van der Waals surface area contributed by atoms with Gasteiger partial charge in [-0.05, 0) is 53.3 Å². The second-order valence-electron chi connectivity index (χ2n) is 8.60. The SMILES string of the molecule is CC1(c2ccc(Cl)nc2)CC(c2ccc3c(c2)COC32CN(C(=O)CC(F)(F)F)C2)=NS1. The number of ether oxygens (including phenoxy) is 1. The highest BCUT2D eigenvalue weighted by Gasteiger charge is 2.52. The second kappa shape index (κ2) is 7.46. The largest absolute Gasteiger partial charge is 0.397 e. The van der Waals surface area contributed by atoms with Crippen molar-refractivity contribution in [2.45, 2.75) is 42.9 Å². The van der Waals surface area contributed by atoms with Crippen LogP contribution in [0.5, 0.6) is 0 Å². The summed E-state index contributed by atoms with van der Waals surface area (Å²) in [5, 5.41) is 0.448. The van der Waals surface area contributed by atoms with Gasteiger partial charge in [-0.2, -0.15) is 13.2 Å².